The van der Waals surface area contributed by atoms with Crippen molar-refractivity contribution in [1.82, 2.24) is 0 Å². The second-order valence-electron chi connectivity index (χ2n) is 11.4. The molecule has 0 radical (unpaired) electrons. The number of unbranched alkanes of at least 4 members (excludes halogenated alkanes) is 2. The van der Waals surface area contributed by atoms with Crippen molar-refractivity contribution in [2.75, 3.05) is 5.32 Å². The van der Waals surface area contributed by atoms with E-state index in [1.807, 2.05) is 0 Å². The lowest BCUT2D eigenvalue weighted by Gasteiger charge is -2.38. The number of esters is 2. The molecule has 0 saturated heterocycles. The smallest absolute Gasteiger partial charge is 0.342 e. The molecule has 3 atom stereocenters. The van der Waals surface area contributed by atoms with Crippen molar-refractivity contribution in [1.29, 1.82) is 0 Å². The molecule has 6 nitrogen and oxygen atoms in total. The summed E-state index contributed by atoms with van der Waals surface area (Å²) in [4.78, 5) is 26.0. The molecule has 3 unspecified atom stereocenters. The molecule has 0 aromatic heterocycles. The minimum Gasteiger partial charge on any atom is -0.506 e. The summed E-state index contributed by atoms with van der Waals surface area (Å²) in [5, 5.41) is 14.0. The lowest BCUT2D eigenvalue weighted by molar-refractivity contribution is -0.134. The van der Waals surface area contributed by atoms with Crippen molar-refractivity contribution in [3.05, 3.63) is 51.5 Å². The minimum absolute atomic E-state index is 0.0615. The number of hydrogen-bond acceptors (Lipinski definition) is 6. The number of nitrogens with one attached hydrogen (secondary N) is 1. The fourth-order valence-corrected chi connectivity index (χ4v) is 6.57. The molecular formula is C30H37Cl2NO5. The van der Waals surface area contributed by atoms with Crippen LogP contribution < -0.4 is 10.1 Å². The number of aromatic hydroxyl groups is 1. The molecule has 8 heteroatoms. The molecule has 2 aliphatic carbocycles. The third-order valence-corrected chi connectivity index (χ3v) is 9.47. The molecule has 4 rings (SSSR count). The third-order valence-electron chi connectivity index (χ3n) is 8.96. The first-order chi connectivity index (χ1) is 18.0. The Morgan fingerprint density at radius 3 is 2.55 bits per heavy atom. The Morgan fingerprint density at radius 1 is 1.13 bits per heavy atom. The van der Waals surface area contributed by atoms with Crippen molar-refractivity contribution in [2.24, 2.45) is 16.7 Å². The Hall–Kier alpha value is -2.44. The average Bonchev–Trinajstić information content (AvgIpc) is 3.19. The predicted octanol–water partition coefficient (Wildman–Crippen LogP) is 8.17. The molecule has 0 heterocycles. The maximum absolute atomic E-state index is 13.4. The van der Waals surface area contributed by atoms with Gasteiger partial charge in [0, 0.05) is 40.7 Å². The Balaban J connectivity index is 1.54. The van der Waals surface area contributed by atoms with E-state index in [1.54, 1.807) is 24.3 Å². The largest absolute Gasteiger partial charge is 0.506 e. The molecule has 2 aliphatic rings. The summed E-state index contributed by atoms with van der Waals surface area (Å²) in [6, 6.07) is 8.04. The molecule has 0 spiro atoms. The van der Waals surface area contributed by atoms with Gasteiger partial charge in [0.15, 0.2) is 0 Å². The number of hydrogen-bond donors (Lipinski definition) is 2. The molecule has 206 valence electrons. The Labute approximate surface area is 235 Å². The molecule has 2 saturated carbocycles. The average molecular weight is 563 g/mol. The molecule has 2 N–H and O–H groups in total. The van der Waals surface area contributed by atoms with Gasteiger partial charge in [0.05, 0.1) is 5.02 Å². The lowest BCUT2D eigenvalue weighted by Crippen LogP contribution is -2.38. The summed E-state index contributed by atoms with van der Waals surface area (Å²) in [5.41, 5.74) is 1.36. The van der Waals surface area contributed by atoms with Gasteiger partial charge in [-0.15, -0.1) is 0 Å². The molecule has 2 fully saturated rings. The standard InChI is InChI=1S/C30H37Cl2NO5/c1-5-6-7-8-26(34)37-24-16-21(33-17-18-13-20(31)15-23(32)27(18)35)9-10-22(24)28(36)38-25-14-19-11-12-30(25,4)29(19,2)3/h9-10,13,15-16,19,25,33,35H,5-8,11-12,14,17H2,1-4H3. The van der Waals surface area contributed by atoms with Gasteiger partial charge in [0.2, 0.25) is 0 Å². The SMILES string of the molecule is CCCCCC(=O)Oc1cc(NCc2cc(Cl)cc(Cl)c2O)ccc1C(=O)OC1CC2CCC1(C)C2(C)C. The summed E-state index contributed by atoms with van der Waals surface area (Å²) in [6.07, 6.45) is 5.77. The fraction of sp³-hybridized carbons (Fsp3) is 0.533. The second kappa shape index (κ2) is 11.4. The zero-order valence-electron chi connectivity index (χ0n) is 22.5. The van der Waals surface area contributed by atoms with Crippen LogP contribution in [0.5, 0.6) is 11.5 Å². The van der Waals surface area contributed by atoms with Crippen molar-refractivity contribution < 1.29 is 24.2 Å². The highest BCUT2D eigenvalue weighted by Crippen LogP contribution is 2.66. The number of rotatable bonds is 10. The summed E-state index contributed by atoms with van der Waals surface area (Å²) < 4.78 is 11.8. The molecule has 2 aromatic carbocycles. The normalized spacial score (nSPS) is 23.3. The molecular weight excluding hydrogens is 525 g/mol. The predicted molar refractivity (Wildman–Crippen MR) is 150 cm³/mol. The number of phenols is 1. The van der Waals surface area contributed by atoms with Crippen molar-refractivity contribution in [2.45, 2.75) is 85.3 Å². The third kappa shape index (κ3) is 5.62. The quantitative estimate of drug-likeness (QED) is 0.173. The Morgan fingerprint density at radius 2 is 1.89 bits per heavy atom. The van der Waals surface area contributed by atoms with E-state index in [1.165, 1.54) is 6.07 Å². The van der Waals surface area contributed by atoms with E-state index in [9.17, 15) is 14.7 Å². The van der Waals surface area contributed by atoms with Crippen LogP contribution in [-0.4, -0.2) is 23.1 Å². The number of benzene rings is 2. The van der Waals surface area contributed by atoms with E-state index >= 15 is 0 Å². The van der Waals surface area contributed by atoms with Gasteiger partial charge in [-0.3, -0.25) is 4.79 Å². The van der Waals surface area contributed by atoms with Crippen LogP contribution >= 0.6 is 23.2 Å². The van der Waals surface area contributed by atoms with E-state index < -0.39 is 11.9 Å². The lowest BCUT2D eigenvalue weighted by atomic mass is 9.70. The van der Waals surface area contributed by atoms with E-state index in [0.717, 1.165) is 38.5 Å². The number of ether oxygens (including phenoxy) is 2. The van der Waals surface area contributed by atoms with Crippen LogP contribution in [0.25, 0.3) is 0 Å². The van der Waals surface area contributed by atoms with E-state index in [0.29, 0.717) is 22.2 Å². The van der Waals surface area contributed by atoms with Crippen LogP contribution in [0.15, 0.2) is 30.3 Å². The first kappa shape index (κ1) is 28.6. The highest BCUT2D eigenvalue weighted by molar-refractivity contribution is 6.35. The van der Waals surface area contributed by atoms with Crippen LogP contribution in [0.3, 0.4) is 0 Å². The fourth-order valence-electron chi connectivity index (χ4n) is 6.03. The summed E-state index contributed by atoms with van der Waals surface area (Å²) in [5.74, 6) is -0.251. The van der Waals surface area contributed by atoms with Crippen LogP contribution in [0.4, 0.5) is 5.69 Å². The van der Waals surface area contributed by atoms with Gasteiger partial charge >= 0.3 is 11.9 Å². The van der Waals surface area contributed by atoms with E-state index in [2.05, 4.69) is 33.0 Å². The maximum atomic E-state index is 13.4. The van der Waals surface area contributed by atoms with Crippen LogP contribution in [0.2, 0.25) is 10.0 Å². The van der Waals surface area contributed by atoms with E-state index in [4.69, 9.17) is 32.7 Å². The van der Waals surface area contributed by atoms with Gasteiger partial charge in [0.1, 0.15) is 23.2 Å². The number of anilines is 1. The highest BCUT2D eigenvalue weighted by atomic mass is 35.5. The number of fused-ring (bicyclic) bond motifs is 2. The zero-order chi connectivity index (χ0) is 27.7. The first-order valence-electron chi connectivity index (χ1n) is 13.4. The molecule has 2 aromatic rings. The second-order valence-corrected chi connectivity index (χ2v) is 12.2. The summed E-state index contributed by atoms with van der Waals surface area (Å²) in [7, 11) is 0. The van der Waals surface area contributed by atoms with Crippen molar-refractivity contribution in [3.8, 4) is 11.5 Å². The maximum Gasteiger partial charge on any atom is 0.342 e. The van der Waals surface area contributed by atoms with Crippen LogP contribution in [-0.2, 0) is 16.1 Å². The van der Waals surface area contributed by atoms with Gasteiger partial charge in [-0.2, -0.15) is 0 Å². The number of phenolic OH excluding ortho intramolecular Hbond substituents is 1. The topological polar surface area (TPSA) is 84.9 Å². The minimum atomic E-state index is -0.484. The van der Waals surface area contributed by atoms with Gasteiger partial charge in [-0.1, -0.05) is 63.7 Å². The van der Waals surface area contributed by atoms with Crippen molar-refractivity contribution >= 4 is 40.8 Å². The monoisotopic (exact) mass is 561 g/mol. The highest BCUT2D eigenvalue weighted by Gasteiger charge is 2.62. The van der Waals surface area contributed by atoms with Crippen LogP contribution in [0.1, 0.15) is 88.6 Å². The summed E-state index contributed by atoms with van der Waals surface area (Å²) in [6.45, 7) is 9.05. The van der Waals surface area contributed by atoms with Gasteiger partial charge in [-0.25, -0.2) is 4.79 Å². The number of carbonyl (C=O) groups is 2. The zero-order valence-corrected chi connectivity index (χ0v) is 24.0. The number of carbonyl (C=O) groups excluding carboxylic acids is 2. The molecule has 0 amide bonds. The molecule has 0 aliphatic heterocycles. The van der Waals surface area contributed by atoms with Gasteiger partial charge in [0.25, 0.3) is 0 Å². The molecule has 2 bridgehead atoms. The first-order valence-corrected chi connectivity index (χ1v) is 14.2. The summed E-state index contributed by atoms with van der Waals surface area (Å²) >= 11 is 12.1. The Kier molecular flexibility index (Phi) is 8.53. The van der Waals surface area contributed by atoms with Crippen molar-refractivity contribution in [3.63, 3.8) is 0 Å². The number of halogens is 2. The van der Waals surface area contributed by atoms with Gasteiger partial charge < -0.3 is 19.9 Å². The molecule has 38 heavy (non-hydrogen) atoms. The Bertz CT molecular complexity index is 1210. The van der Waals surface area contributed by atoms with E-state index in [-0.39, 0.29) is 52.0 Å². The van der Waals surface area contributed by atoms with Crippen LogP contribution in [0, 0.1) is 16.7 Å². The van der Waals surface area contributed by atoms with Gasteiger partial charge in [-0.05, 0) is 61.3 Å².